The molecule has 1 aromatic carbocycles. The van der Waals surface area contributed by atoms with Gasteiger partial charge in [-0.3, -0.25) is 0 Å². The molecule has 1 saturated carbocycles. The highest BCUT2D eigenvalue weighted by atomic mass is 35.5. The van der Waals surface area contributed by atoms with E-state index >= 15 is 0 Å². The number of methoxy groups -OCH3 is 1. The number of carbonyl (C=O) groups is 1. The second-order valence-electron chi connectivity index (χ2n) is 5.09. The van der Waals surface area contributed by atoms with Gasteiger partial charge in [0, 0.05) is 5.56 Å². The van der Waals surface area contributed by atoms with Crippen LogP contribution in [-0.4, -0.2) is 19.4 Å². The first-order valence-corrected chi connectivity index (χ1v) is 7.64. The van der Waals surface area contributed by atoms with Crippen molar-refractivity contribution in [3.05, 3.63) is 41.1 Å². The molecule has 4 nitrogen and oxygen atoms in total. The molecule has 5 heteroatoms. The zero-order valence-electron chi connectivity index (χ0n) is 12.6. The zero-order chi connectivity index (χ0) is 15.9. The lowest BCUT2D eigenvalue weighted by Gasteiger charge is -2.23. The first-order chi connectivity index (χ1) is 10.6. The van der Waals surface area contributed by atoms with Crippen LogP contribution in [0.3, 0.4) is 0 Å². The van der Waals surface area contributed by atoms with Crippen LogP contribution >= 0.6 is 11.6 Å². The second-order valence-corrected chi connectivity index (χ2v) is 5.49. The molecular formula is C17H19ClO4. The van der Waals surface area contributed by atoms with Crippen molar-refractivity contribution in [2.45, 2.75) is 38.2 Å². The fourth-order valence-electron chi connectivity index (χ4n) is 2.42. The van der Waals surface area contributed by atoms with Crippen LogP contribution in [0.4, 0.5) is 4.79 Å². The smallest absolute Gasteiger partial charge is 0.482 e. The van der Waals surface area contributed by atoms with E-state index in [2.05, 4.69) is 17.0 Å². The van der Waals surface area contributed by atoms with Gasteiger partial charge in [0.25, 0.3) is 0 Å². The van der Waals surface area contributed by atoms with Crippen molar-refractivity contribution in [1.82, 2.24) is 0 Å². The largest absolute Gasteiger partial charge is 0.513 e. The molecule has 1 aliphatic rings. The van der Waals surface area contributed by atoms with E-state index < -0.39 is 6.16 Å². The fourth-order valence-corrected chi connectivity index (χ4v) is 2.64. The van der Waals surface area contributed by atoms with E-state index in [9.17, 15) is 4.79 Å². The van der Waals surface area contributed by atoms with Gasteiger partial charge in [0.1, 0.15) is 0 Å². The van der Waals surface area contributed by atoms with Gasteiger partial charge in [-0.05, 0) is 43.9 Å². The average molecular weight is 323 g/mol. The number of halogens is 1. The summed E-state index contributed by atoms with van der Waals surface area (Å²) in [6.07, 6.45) is 5.10. The summed E-state index contributed by atoms with van der Waals surface area (Å²) in [6, 6.07) is 5.01. The summed E-state index contributed by atoms with van der Waals surface area (Å²) in [7, 11) is 1.24. The molecule has 1 aromatic rings. The van der Waals surface area contributed by atoms with Crippen LogP contribution in [-0.2, 0) is 9.47 Å². The van der Waals surface area contributed by atoms with Gasteiger partial charge in [-0.15, -0.1) is 0 Å². The van der Waals surface area contributed by atoms with Crippen LogP contribution in [0, 0.1) is 0 Å². The third-order valence-corrected chi connectivity index (χ3v) is 3.85. The zero-order valence-corrected chi connectivity index (χ0v) is 13.3. The predicted octanol–water partition coefficient (Wildman–Crippen LogP) is 4.96. The van der Waals surface area contributed by atoms with E-state index in [0.717, 1.165) is 18.4 Å². The van der Waals surface area contributed by atoms with Crippen molar-refractivity contribution < 1.29 is 19.0 Å². The minimum atomic E-state index is -0.812. The van der Waals surface area contributed by atoms with Crippen LogP contribution in [0.15, 0.2) is 30.5 Å². The lowest BCUT2D eigenvalue weighted by Crippen LogP contribution is -2.15. The monoisotopic (exact) mass is 322 g/mol. The summed E-state index contributed by atoms with van der Waals surface area (Å²) in [5.41, 5.74) is 3.57. The summed E-state index contributed by atoms with van der Waals surface area (Å²) in [5.74, 6) is 0.803. The molecule has 0 atom stereocenters. The highest BCUT2D eigenvalue weighted by Crippen LogP contribution is 2.31. The molecule has 0 N–H and O–H groups in total. The first kappa shape index (κ1) is 16.5. The van der Waals surface area contributed by atoms with Gasteiger partial charge in [0.15, 0.2) is 11.5 Å². The van der Waals surface area contributed by atoms with Crippen molar-refractivity contribution in [3.8, 4) is 5.75 Å². The molecule has 0 saturated heterocycles. The Bertz CT molecular complexity index is 584. The number of benzene rings is 1. The molecule has 118 valence electrons. The van der Waals surface area contributed by atoms with E-state index in [-0.39, 0.29) is 11.9 Å². The van der Waals surface area contributed by atoms with Gasteiger partial charge >= 0.3 is 6.16 Å². The summed E-state index contributed by atoms with van der Waals surface area (Å²) in [6.45, 7) is 3.68. The molecule has 0 unspecified atom stereocenters. The summed E-state index contributed by atoms with van der Waals surface area (Å²) >= 11 is 6.12. The van der Waals surface area contributed by atoms with Gasteiger partial charge in [-0.25, -0.2) is 4.79 Å². The summed E-state index contributed by atoms with van der Waals surface area (Å²) < 4.78 is 15.3. The van der Waals surface area contributed by atoms with Gasteiger partial charge in [0.05, 0.1) is 18.2 Å². The van der Waals surface area contributed by atoms with Crippen molar-refractivity contribution in [3.63, 3.8) is 0 Å². The predicted molar refractivity (Wildman–Crippen MR) is 85.0 cm³/mol. The van der Waals surface area contributed by atoms with Crippen LogP contribution in [0.5, 0.6) is 5.75 Å². The number of ether oxygens (including phenoxy) is 3. The Balaban J connectivity index is 2.11. The van der Waals surface area contributed by atoms with Crippen LogP contribution < -0.4 is 4.74 Å². The van der Waals surface area contributed by atoms with E-state index in [1.807, 2.05) is 0 Å². The SMILES string of the molecule is C=C=C(OC1CCCCC1)c1ccc(OC(=O)OC)c(Cl)c1. The topological polar surface area (TPSA) is 44.8 Å². The molecule has 0 amide bonds. The van der Waals surface area contributed by atoms with Crippen LogP contribution in [0.1, 0.15) is 37.7 Å². The van der Waals surface area contributed by atoms with Crippen LogP contribution in [0.2, 0.25) is 5.02 Å². The maximum Gasteiger partial charge on any atom is 0.513 e. The minimum Gasteiger partial charge on any atom is -0.482 e. The maximum absolute atomic E-state index is 11.1. The number of hydrogen-bond donors (Lipinski definition) is 0. The highest BCUT2D eigenvalue weighted by Gasteiger charge is 2.17. The van der Waals surface area contributed by atoms with E-state index in [0.29, 0.717) is 10.8 Å². The molecule has 0 bridgehead atoms. The van der Waals surface area contributed by atoms with Gasteiger partial charge in [-0.2, -0.15) is 0 Å². The quantitative estimate of drug-likeness (QED) is 0.340. The van der Waals surface area contributed by atoms with Crippen molar-refractivity contribution in [2.24, 2.45) is 0 Å². The lowest BCUT2D eigenvalue weighted by atomic mass is 9.97. The minimum absolute atomic E-state index is 0.197. The molecule has 0 aliphatic heterocycles. The van der Waals surface area contributed by atoms with E-state index in [4.69, 9.17) is 21.1 Å². The van der Waals surface area contributed by atoms with Crippen LogP contribution in [0.25, 0.3) is 5.76 Å². The van der Waals surface area contributed by atoms with E-state index in [1.165, 1.54) is 26.4 Å². The first-order valence-electron chi connectivity index (χ1n) is 7.26. The van der Waals surface area contributed by atoms with Crippen molar-refractivity contribution in [2.75, 3.05) is 7.11 Å². The summed E-state index contributed by atoms with van der Waals surface area (Å²) in [4.78, 5) is 11.1. The maximum atomic E-state index is 11.1. The van der Waals surface area contributed by atoms with Gasteiger partial charge in [0.2, 0.25) is 0 Å². The normalized spacial score (nSPS) is 14.8. The fraction of sp³-hybridized carbons (Fsp3) is 0.412. The molecule has 0 spiro atoms. The molecule has 2 rings (SSSR count). The number of hydrogen-bond acceptors (Lipinski definition) is 4. The van der Waals surface area contributed by atoms with Crippen molar-refractivity contribution >= 4 is 23.5 Å². The molecule has 22 heavy (non-hydrogen) atoms. The third-order valence-electron chi connectivity index (χ3n) is 3.55. The Morgan fingerprint density at radius 2 is 2.05 bits per heavy atom. The number of rotatable bonds is 4. The lowest BCUT2D eigenvalue weighted by molar-refractivity contribution is 0.121. The Labute approximate surface area is 135 Å². The Morgan fingerprint density at radius 3 is 2.64 bits per heavy atom. The third kappa shape index (κ3) is 4.30. The van der Waals surface area contributed by atoms with Gasteiger partial charge in [-0.1, -0.05) is 30.3 Å². The molecule has 1 aliphatic carbocycles. The standard InChI is InChI=1S/C17H19ClO4/c1-3-15(21-13-7-5-4-6-8-13)12-9-10-16(14(18)11-12)22-17(19)20-2/h9-11,13H,1,4-8H2,2H3. The van der Waals surface area contributed by atoms with E-state index in [1.54, 1.807) is 18.2 Å². The Hall–Kier alpha value is -1.90. The van der Waals surface area contributed by atoms with Gasteiger partial charge < -0.3 is 14.2 Å². The van der Waals surface area contributed by atoms with Crippen molar-refractivity contribution in [1.29, 1.82) is 0 Å². The molecule has 1 fully saturated rings. The Kier molecular flexibility index (Phi) is 5.93. The average Bonchev–Trinajstić information content (AvgIpc) is 2.55. The number of carbonyl (C=O) groups excluding carboxylic acids is 1. The summed E-state index contributed by atoms with van der Waals surface area (Å²) in [5, 5.41) is 0.294. The second kappa shape index (κ2) is 7.92. The molecule has 0 heterocycles. The molecule has 0 radical (unpaired) electrons. The molecular weight excluding hydrogens is 304 g/mol. The Morgan fingerprint density at radius 1 is 1.32 bits per heavy atom. The molecule has 0 aromatic heterocycles. The highest BCUT2D eigenvalue weighted by molar-refractivity contribution is 6.32.